The molecule has 5 heteroatoms. The van der Waals surface area contributed by atoms with Gasteiger partial charge in [0.15, 0.2) is 0 Å². The molecule has 0 radical (unpaired) electrons. The maximum Gasteiger partial charge on any atom is 0.342 e. The summed E-state index contributed by atoms with van der Waals surface area (Å²) in [6, 6.07) is 2.54. The molecule has 0 bridgehead atoms. The minimum Gasteiger partial charge on any atom is -0.508 e. The van der Waals surface area contributed by atoms with Gasteiger partial charge in [-0.1, -0.05) is 0 Å². The maximum atomic E-state index is 11.7. The van der Waals surface area contributed by atoms with Crippen LogP contribution in [0, 0.1) is 0 Å². The Morgan fingerprint density at radius 2 is 2.18 bits per heavy atom. The zero-order valence-electron chi connectivity index (χ0n) is 9.38. The topological polar surface area (TPSA) is 87.0 Å². The van der Waals surface area contributed by atoms with Gasteiger partial charge in [-0.05, 0) is 18.6 Å². The molecule has 92 valence electrons. The standard InChI is InChI=1S/C12H14O5/c1-6(13)2-9-4-7-3-8(14)5-10(15)11(7)12(16)17-9/h3,5-6,9,13-15H,2,4H2,1H3. The highest BCUT2D eigenvalue weighted by atomic mass is 16.5. The summed E-state index contributed by atoms with van der Waals surface area (Å²) < 4.78 is 5.10. The van der Waals surface area contributed by atoms with E-state index in [4.69, 9.17) is 4.74 Å². The molecule has 0 aromatic heterocycles. The second-order valence-corrected chi connectivity index (χ2v) is 4.32. The third-order valence-corrected chi connectivity index (χ3v) is 2.71. The molecule has 1 heterocycles. The Hall–Kier alpha value is -1.75. The van der Waals surface area contributed by atoms with Crippen LogP contribution in [0.2, 0.25) is 0 Å². The number of esters is 1. The second kappa shape index (κ2) is 4.25. The maximum absolute atomic E-state index is 11.7. The van der Waals surface area contributed by atoms with Crippen LogP contribution in [-0.4, -0.2) is 33.5 Å². The van der Waals surface area contributed by atoms with Gasteiger partial charge in [0.05, 0.1) is 6.10 Å². The number of ether oxygens (including phenoxy) is 1. The van der Waals surface area contributed by atoms with E-state index < -0.39 is 18.2 Å². The molecule has 0 aliphatic carbocycles. The van der Waals surface area contributed by atoms with Crippen LogP contribution < -0.4 is 0 Å². The Morgan fingerprint density at radius 1 is 1.47 bits per heavy atom. The molecule has 0 saturated heterocycles. The number of phenolic OH excluding ortho intramolecular Hbond substituents is 2. The van der Waals surface area contributed by atoms with Crippen LogP contribution in [0.25, 0.3) is 0 Å². The average molecular weight is 238 g/mol. The van der Waals surface area contributed by atoms with Gasteiger partial charge in [-0.15, -0.1) is 0 Å². The first kappa shape index (κ1) is 11.7. The fraction of sp³-hybridized carbons (Fsp3) is 0.417. The number of carbonyl (C=O) groups is 1. The van der Waals surface area contributed by atoms with Gasteiger partial charge in [-0.25, -0.2) is 4.79 Å². The number of rotatable bonds is 2. The third-order valence-electron chi connectivity index (χ3n) is 2.71. The fourth-order valence-corrected chi connectivity index (χ4v) is 2.07. The third kappa shape index (κ3) is 2.34. The van der Waals surface area contributed by atoms with E-state index in [1.165, 1.54) is 6.07 Å². The summed E-state index contributed by atoms with van der Waals surface area (Å²) in [4.78, 5) is 11.7. The van der Waals surface area contributed by atoms with Crippen LogP contribution in [0.3, 0.4) is 0 Å². The molecule has 3 N–H and O–H groups in total. The summed E-state index contributed by atoms with van der Waals surface area (Å²) in [6.45, 7) is 1.61. The Labute approximate surface area is 98.3 Å². The van der Waals surface area contributed by atoms with Crippen molar-refractivity contribution in [3.63, 3.8) is 0 Å². The Kier molecular flexibility index (Phi) is 2.93. The number of phenols is 2. The molecule has 0 amide bonds. The smallest absolute Gasteiger partial charge is 0.342 e. The number of aliphatic hydroxyl groups excluding tert-OH is 1. The monoisotopic (exact) mass is 238 g/mol. The fourth-order valence-electron chi connectivity index (χ4n) is 2.07. The lowest BCUT2D eigenvalue weighted by Gasteiger charge is -2.26. The molecule has 0 fully saturated rings. The van der Waals surface area contributed by atoms with Crippen LogP contribution in [0.4, 0.5) is 0 Å². The van der Waals surface area contributed by atoms with Crippen molar-refractivity contribution in [1.29, 1.82) is 0 Å². The second-order valence-electron chi connectivity index (χ2n) is 4.32. The predicted molar refractivity (Wildman–Crippen MR) is 59.0 cm³/mol. The average Bonchev–Trinajstić information content (AvgIpc) is 2.13. The first-order valence-corrected chi connectivity index (χ1v) is 5.41. The van der Waals surface area contributed by atoms with E-state index in [1.807, 2.05) is 0 Å². The van der Waals surface area contributed by atoms with E-state index in [9.17, 15) is 20.1 Å². The number of fused-ring (bicyclic) bond motifs is 1. The number of aromatic hydroxyl groups is 2. The van der Waals surface area contributed by atoms with Gasteiger partial charge in [0, 0.05) is 18.9 Å². The molecule has 1 aliphatic rings. The van der Waals surface area contributed by atoms with Crippen molar-refractivity contribution in [2.24, 2.45) is 0 Å². The molecule has 0 saturated carbocycles. The quantitative estimate of drug-likeness (QED) is 0.668. The summed E-state index contributed by atoms with van der Waals surface area (Å²) in [5.74, 6) is -0.985. The minimum absolute atomic E-state index is 0.0910. The molecule has 2 rings (SSSR count). The van der Waals surface area contributed by atoms with E-state index in [2.05, 4.69) is 0 Å². The van der Waals surface area contributed by atoms with Crippen LogP contribution in [-0.2, 0) is 11.2 Å². The number of hydrogen-bond donors (Lipinski definition) is 3. The first-order chi connectivity index (χ1) is 7.97. The van der Waals surface area contributed by atoms with E-state index in [-0.39, 0.29) is 17.1 Å². The highest BCUT2D eigenvalue weighted by Gasteiger charge is 2.30. The van der Waals surface area contributed by atoms with E-state index >= 15 is 0 Å². The molecular weight excluding hydrogens is 224 g/mol. The normalized spacial score (nSPS) is 20.6. The summed E-state index contributed by atoms with van der Waals surface area (Å²) in [7, 11) is 0. The molecular formula is C12H14O5. The Morgan fingerprint density at radius 3 is 2.82 bits per heavy atom. The van der Waals surface area contributed by atoms with Gasteiger partial charge in [0.25, 0.3) is 0 Å². The Balaban J connectivity index is 2.33. The van der Waals surface area contributed by atoms with Crippen LogP contribution in [0.15, 0.2) is 12.1 Å². The zero-order valence-corrected chi connectivity index (χ0v) is 9.38. The SMILES string of the molecule is CC(O)CC1Cc2cc(O)cc(O)c2C(=O)O1. The van der Waals surface area contributed by atoms with Gasteiger partial charge in [0.2, 0.25) is 0 Å². The van der Waals surface area contributed by atoms with Crippen molar-refractivity contribution in [2.45, 2.75) is 32.0 Å². The van der Waals surface area contributed by atoms with Crippen LogP contribution >= 0.6 is 0 Å². The largest absolute Gasteiger partial charge is 0.508 e. The van der Waals surface area contributed by atoms with Crippen molar-refractivity contribution in [2.75, 3.05) is 0 Å². The first-order valence-electron chi connectivity index (χ1n) is 5.41. The number of aliphatic hydroxyl groups is 1. The molecule has 1 aromatic rings. The van der Waals surface area contributed by atoms with Crippen LogP contribution in [0.5, 0.6) is 11.5 Å². The molecule has 17 heavy (non-hydrogen) atoms. The van der Waals surface area contributed by atoms with Crippen molar-refractivity contribution in [3.05, 3.63) is 23.3 Å². The van der Waals surface area contributed by atoms with Crippen molar-refractivity contribution >= 4 is 5.97 Å². The summed E-state index contributed by atoms with van der Waals surface area (Å²) >= 11 is 0. The lowest BCUT2D eigenvalue weighted by molar-refractivity contribution is 0.0120. The molecule has 2 atom stereocenters. The van der Waals surface area contributed by atoms with Gasteiger partial charge in [0.1, 0.15) is 23.2 Å². The molecule has 0 spiro atoms. The summed E-state index contributed by atoms with van der Waals surface area (Å²) in [5.41, 5.74) is 0.647. The lowest BCUT2D eigenvalue weighted by atomic mass is 9.95. The highest BCUT2D eigenvalue weighted by molar-refractivity contribution is 5.95. The zero-order chi connectivity index (χ0) is 12.6. The number of carbonyl (C=O) groups excluding carboxylic acids is 1. The molecule has 5 nitrogen and oxygen atoms in total. The lowest BCUT2D eigenvalue weighted by Crippen LogP contribution is -2.30. The Bertz CT molecular complexity index is 452. The minimum atomic E-state index is -0.616. The number of benzene rings is 1. The van der Waals surface area contributed by atoms with Crippen molar-refractivity contribution < 1.29 is 24.9 Å². The van der Waals surface area contributed by atoms with Gasteiger partial charge in [-0.3, -0.25) is 0 Å². The molecule has 1 aliphatic heterocycles. The van der Waals surface area contributed by atoms with E-state index in [0.717, 1.165) is 6.07 Å². The van der Waals surface area contributed by atoms with E-state index in [0.29, 0.717) is 18.4 Å². The van der Waals surface area contributed by atoms with Gasteiger partial charge >= 0.3 is 5.97 Å². The van der Waals surface area contributed by atoms with Crippen molar-refractivity contribution in [3.8, 4) is 11.5 Å². The highest BCUT2D eigenvalue weighted by Crippen LogP contribution is 2.33. The molecule has 2 unspecified atom stereocenters. The van der Waals surface area contributed by atoms with Crippen LogP contribution in [0.1, 0.15) is 29.3 Å². The summed E-state index contributed by atoms with van der Waals surface area (Å²) in [5, 5.41) is 28.2. The molecule has 1 aromatic carbocycles. The van der Waals surface area contributed by atoms with E-state index in [1.54, 1.807) is 6.92 Å². The van der Waals surface area contributed by atoms with Crippen molar-refractivity contribution in [1.82, 2.24) is 0 Å². The predicted octanol–water partition coefficient (Wildman–Crippen LogP) is 0.950. The van der Waals surface area contributed by atoms with Gasteiger partial charge < -0.3 is 20.1 Å². The number of cyclic esters (lactones) is 1. The van der Waals surface area contributed by atoms with Gasteiger partial charge in [-0.2, -0.15) is 0 Å². The number of hydrogen-bond acceptors (Lipinski definition) is 5. The summed E-state index contributed by atoms with van der Waals surface area (Å²) in [6.07, 6.45) is -0.272.